The molecule has 1 aromatic carbocycles. The van der Waals surface area contributed by atoms with Gasteiger partial charge in [-0.25, -0.2) is 24.2 Å². The Bertz CT molecular complexity index is 1900. The van der Waals surface area contributed by atoms with Crippen molar-refractivity contribution in [2.75, 3.05) is 47.9 Å². The number of rotatable bonds is 10. The van der Waals surface area contributed by atoms with Gasteiger partial charge in [0.05, 0.1) is 18.5 Å². The largest absolute Gasteiger partial charge is 0.444 e. The average Bonchev–Trinajstić information content (AvgIpc) is 3.78. The third-order valence-electron chi connectivity index (χ3n) is 7.16. The summed E-state index contributed by atoms with van der Waals surface area (Å²) in [5.74, 6) is -1.35. The number of Topliss-reactive ketones (excluding diaryl/α,β-unsaturated/α-hetero) is 1. The lowest BCUT2D eigenvalue weighted by molar-refractivity contribution is -0.119. The second kappa shape index (κ2) is 14.0. The fourth-order valence-corrected chi connectivity index (χ4v) is 4.87. The summed E-state index contributed by atoms with van der Waals surface area (Å²) >= 11 is 0. The van der Waals surface area contributed by atoms with Crippen molar-refractivity contribution in [3.05, 3.63) is 66.3 Å². The number of aliphatic hydroxyl groups is 1. The molecule has 18 heteroatoms. The van der Waals surface area contributed by atoms with Crippen molar-refractivity contribution in [1.29, 1.82) is 0 Å². The van der Waals surface area contributed by atoms with E-state index in [-0.39, 0.29) is 54.1 Å². The molecule has 0 unspecified atom stereocenters. The van der Waals surface area contributed by atoms with Gasteiger partial charge in [-0.15, -0.1) is 5.10 Å². The van der Waals surface area contributed by atoms with Crippen molar-refractivity contribution in [1.82, 2.24) is 24.6 Å². The van der Waals surface area contributed by atoms with Crippen molar-refractivity contribution in [3.63, 3.8) is 0 Å². The standard InChI is InChI=1S/C32H33F3N8O7/c1-19(45)20-5-7-22(8-6-20)43-16-23(26(39-43)41-12-11-40(13-14-44)29(41)47)37-27(46)24-17-49-28(38-24)21-9-10-36-25(15-21)42(18-32(33,34)35)30(48)50-31(2,3)4/h5-10,15-17,44H,11-14,18H2,1-4H3,(H,37,46). The van der Waals surface area contributed by atoms with Crippen LogP contribution in [0.1, 0.15) is 48.5 Å². The summed E-state index contributed by atoms with van der Waals surface area (Å²) in [6, 6.07) is 8.59. The van der Waals surface area contributed by atoms with Gasteiger partial charge in [0.1, 0.15) is 29.9 Å². The number of oxazole rings is 1. The molecule has 0 spiro atoms. The van der Waals surface area contributed by atoms with E-state index in [0.717, 1.165) is 18.5 Å². The van der Waals surface area contributed by atoms with Crippen LogP contribution in [0.5, 0.6) is 0 Å². The van der Waals surface area contributed by atoms with Crippen molar-refractivity contribution in [2.45, 2.75) is 39.5 Å². The SMILES string of the molecule is CC(=O)c1ccc(-n2cc(NC(=O)c3coc(-c4ccnc(N(CC(F)(F)F)C(=O)OC(C)(C)C)c4)n3)c(N3CCN(CCO)C3=O)n2)cc1. The number of anilines is 3. The van der Waals surface area contributed by atoms with Crippen molar-refractivity contribution in [2.24, 2.45) is 0 Å². The summed E-state index contributed by atoms with van der Waals surface area (Å²) in [6.07, 6.45) is -2.39. The summed E-state index contributed by atoms with van der Waals surface area (Å²) in [4.78, 5) is 62.2. The first-order chi connectivity index (χ1) is 23.5. The summed E-state index contributed by atoms with van der Waals surface area (Å²) in [6.45, 7) is 4.67. The van der Waals surface area contributed by atoms with E-state index in [4.69, 9.17) is 9.15 Å². The summed E-state index contributed by atoms with van der Waals surface area (Å²) in [7, 11) is 0. The zero-order valence-corrected chi connectivity index (χ0v) is 27.4. The predicted molar refractivity (Wildman–Crippen MR) is 172 cm³/mol. The molecule has 4 aromatic rings. The Morgan fingerprint density at radius 3 is 2.46 bits per heavy atom. The minimum absolute atomic E-state index is 0.105. The molecule has 0 radical (unpaired) electrons. The Hall–Kier alpha value is -5.78. The number of alkyl halides is 3. The Morgan fingerprint density at radius 1 is 1.10 bits per heavy atom. The average molecular weight is 699 g/mol. The van der Waals surface area contributed by atoms with Crippen LogP contribution in [0, 0.1) is 0 Å². The number of hydrogen-bond donors (Lipinski definition) is 2. The number of ether oxygens (including phenoxy) is 1. The van der Waals surface area contributed by atoms with Gasteiger partial charge in [-0.1, -0.05) is 0 Å². The number of urea groups is 1. The third kappa shape index (κ3) is 8.25. The molecule has 5 rings (SSSR count). The van der Waals surface area contributed by atoms with Crippen LogP contribution in [0.4, 0.5) is 40.1 Å². The molecule has 1 aliphatic rings. The molecule has 2 N–H and O–H groups in total. The molecule has 4 heterocycles. The van der Waals surface area contributed by atoms with E-state index in [2.05, 4.69) is 20.4 Å². The maximum atomic E-state index is 13.4. The summed E-state index contributed by atoms with van der Waals surface area (Å²) in [5.41, 5.74) is -0.0684. The molecule has 1 fully saturated rings. The lowest BCUT2D eigenvalue weighted by atomic mass is 10.1. The Kier molecular flexibility index (Phi) is 9.94. The fraction of sp³-hybridized carbons (Fsp3) is 0.344. The van der Waals surface area contributed by atoms with Crippen LogP contribution in [-0.2, 0) is 4.74 Å². The minimum Gasteiger partial charge on any atom is -0.444 e. The molecule has 4 amide bonds. The van der Waals surface area contributed by atoms with Gasteiger partial charge in [-0.2, -0.15) is 13.2 Å². The molecule has 0 atom stereocenters. The number of aliphatic hydroxyl groups excluding tert-OH is 1. The Labute approximate surface area is 283 Å². The number of β-amino-alcohol motifs (C(OH)–C–C–N with tert-alkyl or cyclic N) is 1. The van der Waals surface area contributed by atoms with Crippen LogP contribution in [0.3, 0.4) is 0 Å². The number of pyridine rings is 1. The first kappa shape index (κ1) is 35.5. The highest BCUT2D eigenvalue weighted by atomic mass is 19.4. The number of hydrogen-bond acceptors (Lipinski definition) is 10. The van der Waals surface area contributed by atoms with Crippen LogP contribution in [-0.4, -0.2) is 98.1 Å². The van der Waals surface area contributed by atoms with Crippen LogP contribution >= 0.6 is 0 Å². The second-order valence-corrected chi connectivity index (χ2v) is 12.1. The highest BCUT2D eigenvalue weighted by Gasteiger charge is 2.37. The van der Waals surface area contributed by atoms with Crippen LogP contribution in [0.25, 0.3) is 17.1 Å². The molecule has 1 saturated heterocycles. The number of halogens is 3. The van der Waals surface area contributed by atoms with E-state index in [1.165, 1.54) is 54.4 Å². The molecule has 264 valence electrons. The zero-order valence-electron chi connectivity index (χ0n) is 27.4. The number of ketones is 1. The number of nitrogens with one attached hydrogen (secondary N) is 1. The minimum atomic E-state index is -4.77. The van der Waals surface area contributed by atoms with E-state index >= 15 is 0 Å². The van der Waals surface area contributed by atoms with Gasteiger partial charge in [-0.05, 0) is 64.1 Å². The molecule has 0 aliphatic carbocycles. The maximum Gasteiger partial charge on any atom is 0.416 e. The van der Waals surface area contributed by atoms with E-state index in [1.807, 2.05) is 0 Å². The van der Waals surface area contributed by atoms with Crippen LogP contribution < -0.4 is 15.1 Å². The van der Waals surface area contributed by atoms with E-state index in [0.29, 0.717) is 22.7 Å². The number of amides is 4. The van der Waals surface area contributed by atoms with E-state index in [1.54, 1.807) is 24.3 Å². The van der Waals surface area contributed by atoms with Gasteiger partial charge in [0, 0.05) is 37.0 Å². The highest BCUT2D eigenvalue weighted by Crippen LogP contribution is 2.31. The van der Waals surface area contributed by atoms with Crippen molar-refractivity contribution >= 4 is 41.1 Å². The number of aromatic nitrogens is 4. The molecule has 50 heavy (non-hydrogen) atoms. The Balaban J connectivity index is 1.42. The molecule has 1 aliphatic heterocycles. The quantitative estimate of drug-likeness (QED) is 0.216. The molecule has 15 nitrogen and oxygen atoms in total. The zero-order chi connectivity index (χ0) is 36.4. The number of benzene rings is 1. The maximum absolute atomic E-state index is 13.4. The first-order valence-electron chi connectivity index (χ1n) is 15.2. The second-order valence-electron chi connectivity index (χ2n) is 12.1. The fourth-order valence-electron chi connectivity index (χ4n) is 4.87. The van der Waals surface area contributed by atoms with Gasteiger partial charge < -0.3 is 24.5 Å². The Morgan fingerprint density at radius 2 is 1.82 bits per heavy atom. The van der Waals surface area contributed by atoms with Crippen LogP contribution in [0.15, 0.2) is 59.5 Å². The normalized spacial score (nSPS) is 13.5. The number of carbonyl (C=O) groups is 4. The third-order valence-corrected chi connectivity index (χ3v) is 7.16. The van der Waals surface area contributed by atoms with Gasteiger partial charge >= 0.3 is 18.3 Å². The van der Waals surface area contributed by atoms with Crippen molar-refractivity contribution < 1.29 is 46.6 Å². The predicted octanol–water partition coefficient (Wildman–Crippen LogP) is 4.92. The molecular weight excluding hydrogens is 665 g/mol. The van der Waals surface area contributed by atoms with Gasteiger partial charge in [0.15, 0.2) is 17.3 Å². The lowest BCUT2D eigenvalue weighted by Gasteiger charge is -2.27. The number of carbonyl (C=O) groups excluding carboxylic acids is 4. The van der Waals surface area contributed by atoms with Crippen molar-refractivity contribution in [3.8, 4) is 17.1 Å². The highest BCUT2D eigenvalue weighted by molar-refractivity contribution is 6.06. The van der Waals surface area contributed by atoms with Crippen LogP contribution in [0.2, 0.25) is 0 Å². The monoisotopic (exact) mass is 698 g/mol. The molecular formula is C32H33F3N8O7. The topological polar surface area (TPSA) is 176 Å². The summed E-state index contributed by atoms with van der Waals surface area (Å²) < 4.78 is 52.3. The molecule has 0 saturated carbocycles. The number of nitrogens with zero attached hydrogens (tertiary/aromatic N) is 7. The van der Waals surface area contributed by atoms with Gasteiger partial charge in [0.25, 0.3) is 5.91 Å². The first-order valence-corrected chi connectivity index (χ1v) is 15.2. The lowest BCUT2D eigenvalue weighted by Crippen LogP contribution is -2.42. The van der Waals surface area contributed by atoms with Gasteiger partial charge in [-0.3, -0.25) is 19.4 Å². The van der Waals surface area contributed by atoms with E-state index < -0.39 is 42.2 Å². The van der Waals surface area contributed by atoms with E-state index in [9.17, 15) is 37.5 Å². The smallest absolute Gasteiger partial charge is 0.416 e. The molecule has 3 aromatic heterocycles. The summed E-state index contributed by atoms with van der Waals surface area (Å²) in [5, 5.41) is 16.6. The molecule has 0 bridgehead atoms. The van der Waals surface area contributed by atoms with Gasteiger partial charge in [0.2, 0.25) is 5.89 Å².